The zero-order valence-electron chi connectivity index (χ0n) is 11.4. The molecule has 100 valence electrons. The first-order valence-corrected chi connectivity index (χ1v) is 6.77. The number of amides is 1. The molecule has 0 aromatic heterocycles. The van der Waals surface area contributed by atoms with Crippen molar-refractivity contribution in [2.75, 3.05) is 13.1 Å². The minimum Gasteiger partial charge on any atom is -0.508 e. The van der Waals surface area contributed by atoms with Crippen LogP contribution in [0.3, 0.4) is 0 Å². The van der Waals surface area contributed by atoms with Gasteiger partial charge in [-0.25, -0.2) is 0 Å². The van der Waals surface area contributed by atoms with Crippen molar-refractivity contribution < 1.29 is 9.90 Å². The molecule has 0 heterocycles. The van der Waals surface area contributed by atoms with Crippen LogP contribution in [0, 0.1) is 0 Å². The van der Waals surface area contributed by atoms with Crippen molar-refractivity contribution in [1.29, 1.82) is 0 Å². The largest absolute Gasteiger partial charge is 0.508 e. The molecule has 0 atom stereocenters. The summed E-state index contributed by atoms with van der Waals surface area (Å²) in [6.45, 7) is 5.89. The van der Waals surface area contributed by atoms with Gasteiger partial charge < -0.3 is 10.0 Å². The maximum Gasteiger partial charge on any atom is 0.253 e. The molecule has 3 heteroatoms. The van der Waals surface area contributed by atoms with Crippen molar-refractivity contribution in [3.05, 3.63) is 29.8 Å². The predicted octanol–water partition coefficient (Wildman–Crippen LogP) is 3.43. The van der Waals surface area contributed by atoms with Crippen molar-refractivity contribution >= 4 is 5.91 Å². The topological polar surface area (TPSA) is 40.5 Å². The van der Waals surface area contributed by atoms with Crippen molar-refractivity contribution in [2.45, 2.75) is 39.5 Å². The first-order chi connectivity index (χ1) is 8.69. The zero-order chi connectivity index (χ0) is 13.4. The molecule has 0 bridgehead atoms. The highest BCUT2D eigenvalue weighted by Crippen LogP contribution is 2.13. The monoisotopic (exact) mass is 249 g/mol. The van der Waals surface area contributed by atoms with E-state index >= 15 is 0 Å². The van der Waals surface area contributed by atoms with Crippen LogP contribution in [0.15, 0.2) is 24.3 Å². The number of phenols is 1. The van der Waals surface area contributed by atoms with E-state index in [1.165, 1.54) is 0 Å². The van der Waals surface area contributed by atoms with Gasteiger partial charge in [0.1, 0.15) is 5.75 Å². The molecule has 0 radical (unpaired) electrons. The average molecular weight is 249 g/mol. The maximum absolute atomic E-state index is 12.3. The van der Waals surface area contributed by atoms with Gasteiger partial charge in [-0.15, -0.1) is 0 Å². The lowest BCUT2D eigenvalue weighted by atomic mass is 10.1. The molecule has 0 unspecified atom stereocenters. The van der Waals surface area contributed by atoms with Gasteiger partial charge in [0, 0.05) is 18.7 Å². The Bertz CT molecular complexity index is 351. The highest BCUT2D eigenvalue weighted by Gasteiger charge is 2.14. The third-order valence-electron chi connectivity index (χ3n) is 2.96. The van der Waals surface area contributed by atoms with E-state index in [4.69, 9.17) is 0 Å². The molecular formula is C15H23NO2. The van der Waals surface area contributed by atoms with E-state index in [1.54, 1.807) is 24.3 Å². The highest BCUT2D eigenvalue weighted by molar-refractivity contribution is 5.94. The molecule has 0 fully saturated rings. The van der Waals surface area contributed by atoms with Crippen LogP contribution in [0.2, 0.25) is 0 Å². The number of carbonyl (C=O) groups is 1. The summed E-state index contributed by atoms with van der Waals surface area (Å²) in [4.78, 5) is 14.2. The Kier molecular flexibility index (Phi) is 6.26. The summed E-state index contributed by atoms with van der Waals surface area (Å²) in [6, 6.07) is 6.49. The van der Waals surface area contributed by atoms with Gasteiger partial charge in [-0.05, 0) is 37.1 Å². The number of rotatable bonds is 7. The standard InChI is InChI=1S/C15H23NO2/c1-3-5-11-16(12-6-4-2)15(18)13-7-9-14(17)10-8-13/h7-10,17H,3-6,11-12H2,1-2H3. The van der Waals surface area contributed by atoms with Crippen LogP contribution in [-0.4, -0.2) is 29.0 Å². The molecule has 1 N–H and O–H groups in total. The molecule has 0 aliphatic heterocycles. The van der Waals surface area contributed by atoms with Crippen molar-refractivity contribution in [3.63, 3.8) is 0 Å². The van der Waals surface area contributed by atoms with Crippen LogP contribution >= 0.6 is 0 Å². The third kappa shape index (κ3) is 4.40. The molecule has 1 rings (SSSR count). The van der Waals surface area contributed by atoms with E-state index in [0.29, 0.717) is 5.56 Å². The smallest absolute Gasteiger partial charge is 0.253 e. The van der Waals surface area contributed by atoms with Crippen LogP contribution in [0.4, 0.5) is 0 Å². The second-order valence-electron chi connectivity index (χ2n) is 4.55. The SMILES string of the molecule is CCCCN(CCCC)C(=O)c1ccc(O)cc1. The fourth-order valence-electron chi connectivity index (χ4n) is 1.80. The van der Waals surface area contributed by atoms with Gasteiger partial charge in [-0.2, -0.15) is 0 Å². The average Bonchev–Trinajstić information content (AvgIpc) is 2.39. The van der Waals surface area contributed by atoms with Gasteiger partial charge in [-0.3, -0.25) is 4.79 Å². The fourth-order valence-corrected chi connectivity index (χ4v) is 1.80. The Labute approximate surface area is 109 Å². The molecule has 1 aromatic carbocycles. The Morgan fingerprint density at radius 1 is 1.06 bits per heavy atom. The Morgan fingerprint density at radius 2 is 1.56 bits per heavy atom. The quantitative estimate of drug-likeness (QED) is 0.804. The molecule has 0 spiro atoms. The van der Waals surface area contributed by atoms with Gasteiger partial charge in [0.2, 0.25) is 0 Å². The number of hydrogen-bond donors (Lipinski definition) is 1. The molecule has 1 aromatic rings. The predicted molar refractivity (Wildman–Crippen MR) is 73.8 cm³/mol. The third-order valence-corrected chi connectivity index (χ3v) is 2.96. The number of unbranched alkanes of at least 4 members (excludes halogenated alkanes) is 2. The van der Waals surface area contributed by atoms with Crippen molar-refractivity contribution in [2.24, 2.45) is 0 Å². The summed E-state index contributed by atoms with van der Waals surface area (Å²) in [7, 11) is 0. The molecule has 0 saturated heterocycles. The van der Waals surface area contributed by atoms with Crippen molar-refractivity contribution in [3.8, 4) is 5.75 Å². The fraction of sp³-hybridized carbons (Fsp3) is 0.533. The summed E-state index contributed by atoms with van der Waals surface area (Å²) in [6.07, 6.45) is 4.25. The lowest BCUT2D eigenvalue weighted by Gasteiger charge is -2.22. The molecule has 1 amide bonds. The van der Waals surface area contributed by atoms with Gasteiger partial charge in [0.15, 0.2) is 0 Å². The summed E-state index contributed by atoms with van der Waals surface area (Å²) in [5, 5.41) is 9.24. The van der Waals surface area contributed by atoms with Crippen LogP contribution in [0.1, 0.15) is 49.9 Å². The minimum atomic E-state index is 0.0666. The molecule has 3 nitrogen and oxygen atoms in total. The van der Waals surface area contributed by atoms with Crippen LogP contribution in [-0.2, 0) is 0 Å². The number of nitrogens with zero attached hydrogens (tertiary/aromatic N) is 1. The lowest BCUT2D eigenvalue weighted by molar-refractivity contribution is 0.0751. The van der Waals surface area contributed by atoms with E-state index in [2.05, 4.69) is 13.8 Å². The second kappa shape index (κ2) is 7.75. The van der Waals surface area contributed by atoms with Gasteiger partial charge in [-0.1, -0.05) is 26.7 Å². The van der Waals surface area contributed by atoms with Gasteiger partial charge in [0.25, 0.3) is 5.91 Å². The Balaban J connectivity index is 2.70. The van der Waals surface area contributed by atoms with E-state index in [0.717, 1.165) is 38.8 Å². The van der Waals surface area contributed by atoms with Crippen LogP contribution < -0.4 is 0 Å². The summed E-state index contributed by atoms with van der Waals surface area (Å²) < 4.78 is 0. The second-order valence-corrected chi connectivity index (χ2v) is 4.55. The summed E-state index contributed by atoms with van der Waals surface area (Å²) in [5.74, 6) is 0.261. The number of hydrogen-bond acceptors (Lipinski definition) is 2. The van der Waals surface area contributed by atoms with Gasteiger partial charge >= 0.3 is 0 Å². The Morgan fingerprint density at radius 3 is 2.00 bits per heavy atom. The first kappa shape index (κ1) is 14.6. The number of phenolic OH excluding ortho intramolecular Hbond substituents is 1. The highest BCUT2D eigenvalue weighted by atomic mass is 16.3. The van der Waals surface area contributed by atoms with Crippen LogP contribution in [0.25, 0.3) is 0 Å². The first-order valence-electron chi connectivity index (χ1n) is 6.77. The van der Waals surface area contributed by atoms with E-state index in [-0.39, 0.29) is 11.7 Å². The maximum atomic E-state index is 12.3. The molecular weight excluding hydrogens is 226 g/mol. The lowest BCUT2D eigenvalue weighted by Crippen LogP contribution is -2.32. The number of benzene rings is 1. The van der Waals surface area contributed by atoms with Gasteiger partial charge in [0.05, 0.1) is 0 Å². The summed E-state index contributed by atoms with van der Waals surface area (Å²) >= 11 is 0. The minimum absolute atomic E-state index is 0.0666. The van der Waals surface area contributed by atoms with Crippen LogP contribution in [0.5, 0.6) is 5.75 Å². The van der Waals surface area contributed by atoms with Crippen molar-refractivity contribution in [1.82, 2.24) is 4.90 Å². The molecule has 0 aliphatic rings. The Hall–Kier alpha value is -1.51. The van der Waals surface area contributed by atoms with E-state index < -0.39 is 0 Å². The summed E-state index contributed by atoms with van der Waals surface area (Å²) in [5.41, 5.74) is 0.653. The molecule has 18 heavy (non-hydrogen) atoms. The van der Waals surface area contributed by atoms with E-state index in [1.807, 2.05) is 4.90 Å². The normalized spacial score (nSPS) is 10.3. The number of aromatic hydroxyl groups is 1. The molecule has 0 saturated carbocycles. The molecule has 0 aliphatic carbocycles. The zero-order valence-corrected chi connectivity index (χ0v) is 11.4. The number of carbonyl (C=O) groups excluding carboxylic acids is 1. The van der Waals surface area contributed by atoms with E-state index in [9.17, 15) is 9.90 Å².